The molecule has 1 rings (SSSR count). The zero-order chi connectivity index (χ0) is 17.3. The Morgan fingerprint density at radius 2 is 1.86 bits per heavy atom. The van der Waals surface area contributed by atoms with Gasteiger partial charge in [0, 0.05) is 11.1 Å². The van der Waals surface area contributed by atoms with Gasteiger partial charge in [-0.15, -0.1) is 0 Å². The van der Waals surface area contributed by atoms with E-state index in [1.54, 1.807) is 6.07 Å². The molecule has 1 aromatic carbocycles. The number of benzene rings is 1. The summed E-state index contributed by atoms with van der Waals surface area (Å²) in [5.41, 5.74) is -3.42. The summed E-state index contributed by atoms with van der Waals surface area (Å²) < 4.78 is 43.8. The van der Waals surface area contributed by atoms with Crippen LogP contribution >= 0.6 is 0 Å². The van der Waals surface area contributed by atoms with E-state index in [0.29, 0.717) is 16.9 Å². The molecule has 1 aromatic rings. The van der Waals surface area contributed by atoms with Gasteiger partial charge in [-0.25, -0.2) is 0 Å². The third kappa shape index (κ3) is 3.80. The fourth-order valence-electron chi connectivity index (χ4n) is 2.38. The van der Waals surface area contributed by atoms with Crippen LogP contribution in [0.1, 0.15) is 43.1 Å². The van der Waals surface area contributed by atoms with Gasteiger partial charge in [-0.3, -0.25) is 4.79 Å². The van der Waals surface area contributed by atoms with Crippen molar-refractivity contribution in [3.8, 4) is 5.75 Å². The molecule has 123 valence electrons. The van der Waals surface area contributed by atoms with Crippen LogP contribution in [0.4, 0.5) is 13.2 Å². The molecule has 6 heteroatoms. The van der Waals surface area contributed by atoms with E-state index in [1.807, 2.05) is 0 Å². The van der Waals surface area contributed by atoms with Crippen molar-refractivity contribution in [1.29, 1.82) is 0 Å². The zero-order valence-corrected chi connectivity index (χ0v) is 13.0. The van der Waals surface area contributed by atoms with Crippen molar-refractivity contribution in [2.75, 3.05) is 7.11 Å². The number of halogens is 3. The van der Waals surface area contributed by atoms with Gasteiger partial charge < -0.3 is 9.84 Å². The summed E-state index contributed by atoms with van der Waals surface area (Å²) in [5.74, 6) is 0.147. The molecule has 0 aliphatic rings. The lowest BCUT2D eigenvalue weighted by molar-refractivity contribution is -0.247. The number of methoxy groups -OCH3 is 1. The van der Waals surface area contributed by atoms with Crippen LogP contribution in [0.25, 0.3) is 0 Å². The molecule has 3 nitrogen and oxygen atoms in total. The molecule has 0 saturated heterocycles. The third-order valence-electron chi connectivity index (χ3n) is 3.60. The molecule has 1 unspecified atom stereocenters. The van der Waals surface area contributed by atoms with E-state index in [9.17, 15) is 23.1 Å². The summed E-state index contributed by atoms with van der Waals surface area (Å²) in [6.45, 7) is 7.33. The van der Waals surface area contributed by atoms with Crippen LogP contribution in [-0.2, 0) is 5.41 Å². The summed E-state index contributed by atoms with van der Waals surface area (Å²) in [6, 6.07) is 4.57. The van der Waals surface area contributed by atoms with Crippen LogP contribution < -0.4 is 4.74 Å². The van der Waals surface area contributed by atoms with Crippen molar-refractivity contribution in [1.82, 2.24) is 0 Å². The Morgan fingerprint density at radius 1 is 1.32 bits per heavy atom. The average Bonchev–Trinajstić information content (AvgIpc) is 2.35. The van der Waals surface area contributed by atoms with E-state index in [1.165, 1.54) is 40.0 Å². The van der Waals surface area contributed by atoms with E-state index >= 15 is 0 Å². The maximum Gasteiger partial charge on any atom is 0.417 e. The molecule has 0 fully saturated rings. The van der Waals surface area contributed by atoms with Gasteiger partial charge in [0.05, 0.1) is 7.11 Å². The Kier molecular flexibility index (Phi) is 4.97. The fourth-order valence-corrected chi connectivity index (χ4v) is 2.38. The molecular weight excluding hydrogens is 297 g/mol. The predicted octanol–water partition coefficient (Wildman–Crippen LogP) is 3.69. The van der Waals surface area contributed by atoms with Gasteiger partial charge in [0.1, 0.15) is 5.75 Å². The monoisotopic (exact) mass is 317 g/mol. The summed E-state index contributed by atoms with van der Waals surface area (Å²) in [6.07, 6.45) is -5.52. The number of ether oxygens (including phenoxy) is 1. The first kappa shape index (κ1) is 18.5. The fraction of sp³-hybridized carbons (Fsp3) is 0.500. The molecule has 0 bridgehead atoms. The lowest BCUT2D eigenvalue weighted by Gasteiger charge is -2.36. The van der Waals surface area contributed by atoms with Crippen molar-refractivity contribution in [3.63, 3.8) is 0 Å². The van der Waals surface area contributed by atoms with Gasteiger partial charge in [0.2, 0.25) is 0 Å². The molecule has 1 N–H and O–H groups in total. The highest BCUT2D eigenvalue weighted by molar-refractivity contribution is 5.94. The molecular formula is C16H20F3O3. The molecule has 1 atom stereocenters. The quantitative estimate of drug-likeness (QED) is 0.843. The smallest absolute Gasteiger partial charge is 0.417 e. The number of rotatable bonds is 5. The van der Waals surface area contributed by atoms with Crippen molar-refractivity contribution in [2.24, 2.45) is 0 Å². The van der Waals surface area contributed by atoms with Crippen LogP contribution in [0.2, 0.25) is 0 Å². The van der Waals surface area contributed by atoms with Gasteiger partial charge >= 0.3 is 6.18 Å². The molecule has 0 heterocycles. The minimum atomic E-state index is -4.85. The van der Waals surface area contributed by atoms with Crippen molar-refractivity contribution < 1.29 is 27.8 Å². The van der Waals surface area contributed by atoms with E-state index in [-0.39, 0.29) is 5.78 Å². The predicted molar refractivity (Wildman–Crippen MR) is 77.0 cm³/mol. The number of carbonyl (C=O) groups excluding carboxylic acids is 1. The maximum atomic E-state index is 12.9. The topological polar surface area (TPSA) is 46.5 Å². The Morgan fingerprint density at radius 3 is 2.27 bits per heavy atom. The van der Waals surface area contributed by atoms with Gasteiger partial charge in [-0.05, 0) is 43.9 Å². The Hall–Kier alpha value is -1.56. The number of aliphatic hydroxyl groups is 1. The van der Waals surface area contributed by atoms with Crippen molar-refractivity contribution >= 4 is 5.78 Å². The molecule has 1 radical (unpaired) electrons. The van der Waals surface area contributed by atoms with Gasteiger partial charge in [0.25, 0.3) is 0 Å². The molecule has 0 aliphatic heterocycles. The second kappa shape index (κ2) is 5.91. The second-order valence-electron chi connectivity index (χ2n) is 6.06. The molecule has 0 aliphatic carbocycles. The summed E-state index contributed by atoms with van der Waals surface area (Å²) >= 11 is 0. The molecule has 0 amide bonds. The van der Waals surface area contributed by atoms with Crippen LogP contribution in [0.15, 0.2) is 18.2 Å². The lowest BCUT2D eigenvalue weighted by atomic mass is 9.74. The SMILES string of the molecule is [CH2]C(O)(CC(C)(C)c1cc(C(C)=O)ccc1OC)C(F)(F)F. The number of ketones is 1. The molecule has 22 heavy (non-hydrogen) atoms. The first-order valence-corrected chi connectivity index (χ1v) is 6.66. The Balaban J connectivity index is 3.32. The average molecular weight is 317 g/mol. The van der Waals surface area contributed by atoms with Gasteiger partial charge in [-0.2, -0.15) is 13.2 Å². The highest BCUT2D eigenvalue weighted by atomic mass is 19.4. The van der Waals surface area contributed by atoms with Crippen molar-refractivity contribution in [2.45, 2.75) is 44.4 Å². The van der Waals surface area contributed by atoms with Gasteiger partial charge in [-0.1, -0.05) is 13.8 Å². The van der Waals surface area contributed by atoms with Crippen LogP contribution in [0.5, 0.6) is 5.75 Å². The summed E-state index contributed by atoms with van der Waals surface area (Å²) in [5, 5.41) is 9.65. The number of hydrogen-bond donors (Lipinski definition) is 1. The van der Waals surface area contributed by atoms with Crippen LogP contribution in [0, 0.1) is 6.92 Å². The van der Waals surface area contributed by atoms with E-state index in [2.05, 4.69) is 6.92 Å². The van der Waals surface area contributed by atoms with E-state index in [0.717, 1.165) is 0 Å². The number of alkyl halides is 3. The zero-order valence-electron chi connectivity index (χ0n) is 13.0. The molecule has 0 aromatic heterocycles. The van der Waals surface area contributed by atoms with E-state index in [4.69, 9.17) is 4.74 Å². The van der Waals surface area contributed by atoms with Gasteiger partial charge in [0.15, 0.2) is 11.4 Å². The normalized spacial score (nSPS) is 15.3. The Bertz CT molecular complexity index is 560. The van der Waals surface area contributed by atoms with Crippen LogP contribution in [-0.4, -0.2) is 29.8 Å². The van der Waals surface area contributed by atoms with E-state index < -0.39 is 23.6 Å². The highest BCUT2D eigenvalue weighted by Crippen LogP contribution is 2.43. The number of hydrogen-bond acceptors (Lipinski definition) is 3. The third-order valence-corrected chi connectivity index (χ3v) is 3.60. The largest absolute Gasteiger partial charge is 0.496 e. The lowest BCUT2D eigenvalue weighted by Crippen LogP contribution is -2.46. The Labute approximate surface area is 128 Å². The van der Waals surface area contributed by atoms with Crippen LogP contribution in [0.3, 0.4) is 0 Å². The number of carbonyl (C=O) groups is 1. The minimum Gasteiger partial charge on any atom is -0.496 e. The maximum absolute atomic E-state index is 12.9. The first-order chi connectivity index (χ1) is 9.82. The van der Waals surface area contributed by atoms with Crippen molar-refractivity contribution in [3.05, 3.63) is 36.2 Å². The first-order valence-electron chi connectivity index (χ1n) is 6.66. The molecule has 0 saturated carbocycles. The second-order valence-corrected chi connectivity index (χ2v) is 6.06. The minimum absolute atomic E-state index is 0.208. The summed E-state index contributed by atoms with van der Waals surface area (Å²) in [7, 11) is 1.39. The summed E-state index contributed by atoms with van der Waals surface area (Å²) in [4.78, 5) is 11.5. The standard InChI is InChI=1S/C16H20F3O3/c1-10(20)11-6-7-13(22-5)12(8-11)14(2,3)9-15(4,21)16(17,18)19/h6-8,21H,4,9H2,1-3,5H3. The number of Topliss-reactive ketones (excluding diaryl/α,β-unsaturated/α-hetero) is 1. The highest BCUT2D eigenvalue weighted by Gasteiger charge is 2.52. The molecule has 0 spiro atoms.